The minimum absolute atomic E-state index is 0.0726. The van der Waals surface area contributed by atoms with Crippen LogP contribution in [0.25, 0.3) is 0 Å². The molecule has 2 N–H and O–H groups in total. The van der Waals surface area contributed by atoms with Gasteiger partial charge in [-0.2, -0.15) is 5.48 Å². The van der Waals surface area contributed by atoms with Gasteiger partial charge >= 0.3 is 0 Å². The lowest BCUT2D eigenvalue weighted by atomic mass is 10.1. The first-order valence-electron chi connectivity index (χ1n) is 5.36. The Morgan fingerprint density at radius 3 is 2.62 bits per heavy atom. The Morgan fingerprint density at radius 2 is 2.06 bits per heavy atom. The topological polar surface area (TPSA) is 41.5 Å². The molecule has 1 aromatic carbocycles. The summed E-state index contributed by atoms with van der Waals surface area (Å²) < 4.78 is 13.4. The second kappa shape index (κ2) is 5.82. The van der Waals surface area contributed by atoms with Crippen LogP contribution in [0.15, 0.2) is 18.2 Å². The Morgan fingerprint density at radius 1 is 1.38 bits per heavy atom. The molecule has 1 aromatic rings. The lowest BCUT2D eigenvalue weighted by Gasteiger charge is -2.16. The summed E-state index contributed by atoms with van der Waals surface area (Å²) in [7, 11) is 0. The van der Waals surface area contributed by atoms with Crippen molar-refractivity contribution in [2.45, 2.75) is 26.8 Å². The van der Waals surface area contributed by atoms with E-state index >= 15 is 0 Å². The summed E-state index contributed by atoms with van der Waals surface area (Å²) in [6.07, 6.45) is 0. The van der Waals surface area contributed by atoms with Crippen molar-refractivity contribution in [1.29, 1.82) is 0 Å². The van der Waals surface area contributed by atoms with E-state index in [1.54, 1.807) is 13.0 Å². The van der Waals surface area contributed by atoms with Crippen LogP contribution >= 0.6 is 0 Å². The van der Waals surface area contributed by atoms with Crippen molar-refractivity contribution < 1.29 is 14.3 Å². The standard InChI is InChI=1S/C12H18FNO2/c1-8(2)7-16-14-9(3)11-5-4-10(15)6-12(11)13/h4-6,8-9,14-15H,7H2,1-3H3. The fourth-order valence-corrected chi connectivity index (χ4v) is 1.27. The number of hydrogen-bond acceptors (Lipinski definition) is 3. The van der Waals surface area contributed by atoms with Gasteiger partial charge in [-0.1, -0.05) is 19.9 Å². The quantitative estimate of drug-likeness (QED) is 0.760. The Labute approximate surface area is 95.2 Å². The van der Waals surface area contributed by atoms with Gasteiger partial charge in [-0.05, 0) is 18.9 Å². The lowest BCUT2D eigenvalue weighted by molar-refractivity contribution is 0.00343. The number of hydrogen-bond donors (Lipinski definition) is 2. The van der Waals surface area contributed by atoms with Crippen LogP contribution in [0.3, 0.4) is 0 Å². The molecule has 16 heavy (non-hydrogen) atoms. The van der Waals surface area contributed by atoms with Crippen molar-refractivity contribution in [2.75, 3.05) is 6.61 Å². The van der Waals surface area contributed by atoms with Gasteiger partial charge < -0.3 is 9.94 Å². The van der Waals surface area contributed by atoms with Crippen LogP contribution in [0.1, 0.15) is 32.4 Å². The van der Waals surface area contributed by atoms with Crippen molar-refractivity contribution in [3.8, 4) is 5.75 Å². The Balaban J connectivity index is 2.55. The van der Waals surface area contributed by atoms with Crippen LogP contribution in [0.2, 0.25) is 0 Å². The molecule has 3 nitrogen and oxygen atoms in total. The number of rotatable bonds is 5. The molecule has 0 radical (unpaired) electrons. The van der Waals surface area contributed by atoms with Gasteiger partial charge in [-0.25, -0.2) is 4.39 Å². The molecule has 0 aromatic heterocycles. The van der Waals surface area contributed by atoms with Gasteiger partial charge in [-0.3, -0.25) is 0 Å². The Kier molecular flexibility index (Phi) is 4.71. The van der Waals surface area contributed by atoms with Crippen molar-refractivity contribution in [1.82, 2.24) is 5.48 Å². The predicted octanol–water partition coefficient (Wildman–Crippen LogP) is 2.77. The number of benzene rings is 1. The highest BCUT2D eigenvalue weighted by molar-refractivity contribution is 5.29. The molecular formula is C12H18FNO2. The van der Waals surface area contributed by atoms with E-state index in [0.717, 1.165) is 6.07 Å². The van der Waals surface area contributed by atoms with Gasteiger partial charge in [0.25, 0.3) is 0 Å². The predicted molar refractivity (Wildman–Crippen MR) is 60.4 cm³/mol. The third-order valence-electron chi connectivity index (χ3n) is 2.13. The summed E-state index contributed by atoms with van der Waals surface area (Å²) in [5.41, 5.74) is 3.24. The van der Waals surface area contributed by atoms with E-state index in [4.69, 9.17) is 9.94 Å². The van der Waals surface area contributed by atoms with Gasteiger partial charge in [0.2, 0.25) is 0 Å². The molecule has 0 amide bonds. The molecule has 4 heteroatoms. The molecule has 1 unspecified atom stereocenters. The molecule has 0 aliphatic heterocycles. The molecule has 1 rings (SSSR count). The fourth-order valence-electron chi connectivity index (χ4n) is 1.27. The highest BCUT2D eigenvalue weighted by atomic mass is 19.1. The smallest absolute Gasteiger partial charge is 0.131 e. The molecular weight excluding hydrogens is 209 g/mol. The molecule has 0 aliphatic carbocycles. The van der Waals surface area contributed by atoms with E-state index in [1.807, 2.05) is 13.8 Å². The summed E-state index contributed by atoms with van der Waals surface area (Å²) in [6.45, 7) is 6.45. The summed E-state index contributed by atoms with van der Waals surface area (Å²) in [5.74, 6) is -0.0888. The minimum atomic E-state index is -0.437. The van der Waals surface area contributed by atoms with Crippen LogP contribution in [0, 0.1) is 11.7 Å². The molecule has 0 heterocycles. The van der Waals surface area contributed by atoms with Gasteiger partial charge in [-0.15, -0.1) is 0 Å². The van der Waals surface area contributed by atoms with Crippen molar-refractivity contribution in [3.63, 3.8) is 0 Å². The zero-order chi connectivity index (χ0) is 12.1. The number of nitrogens with one attached hydrogen (secondary N) is 1. The SMILES string of the molecule is CC(C)CONC(C)c1ccc(O)cc1F. The average molecular weight is 227 g/mol. The average Bonchev–Trinajstić information content (AvgIpc) is 2.16. The molecule has 0 saturated heterocycles. The maximum Gasteiger partial charge on any atom is 0.131 e. The van der Waals surface area contributed by atoms with Crippen LogP contribution in [0.5, 0.6) is 5.75 Å². The van der Waals surface area contributed by atoms with Gasteiger partial charge in [0.1, 0.15) is 11.6 Å². The summed E-state index contributed by atoms with van der Waals surface area (Å²) in [5, 5.41) is 9.08. The van der Waals surface area contributed by atoms with Crippen LogP contribution in [0.4, 0.5) is 4.39 Å². The Hall–Kier alpha value is -1.13. The first-order valence-corrected chi connectivity index (χ1v) is 5.36. The molecule has 0 saturated carbocycles. The molecule has 90 valence electrons. The third kappa shape index (κ3) is 3.79. The van der Waals surface area contributed by atoms with Crippen molar-refractivity contribution in [3.05, 3.63) is 29.6 Å². The highest BCUT2D eigenvalue weighted by Crippen LogP contribution is 2.20. The first kappa shape index (κ1) is 12.9. The second-order valence-corrected chi connectivity index (χ2v) is 4.25. The first-order chi connectivity index (χ1) is 7.50. The zero-order valence-electron chi connectivity index (χ0n) is 9.83. The largest absolute Gasteiger partial charge is 0.508 e. The van der Waals surface area contributed by atoms with Gasteiger partial charge in [0.15, 0.2) is 0 Å². The van der Waals surface area contributed by atoms with Crippen molar-refractivity contribution in [2.24, 2.45) is 5.92 Å². The normalized spacial score (nSPS) is 13.1. The number of hydroxylamine groups is 1. The van der Waals surface area contributed by atoms with E-state index in [-0.39, 0.29) is 11.8 Å². The summed E-state index contributed by atoms with van der Waals surface area (Å²) in [4.78, 5) is 5.22. The molecule has 0 aliphatic rings. The van der Waals surface area contributed by atoms with E-state index in [0.29, 0.717) is 18.1 Å². The van der Waals surface area contributed by atoms with Crippen LogP contribution < -0.4 is 5.48 Å². The van der Waals surface area contributed by atoms with E-state index in [1.165, 1.54) is 6.07 Å². The highest BCUT2D eigenvalue weighted by Gasteiger charge is 2.11. The fraction of sp³-hybridized carbons (Fsp3) is 0.500. The molecule has 0 bridgehead atoms. The lowest BCUT2D eigenvalue weighted by Crippen LogP contribution is -2.22. The number of phenolic OH excluding ortho intramolecular Hbond substituents is 1. The second-order valence-electron chi connectivity index (χ2n) is 4.25. The molecule has 1 atom stereocenters. The minimum Gasteiger partial charge on any atom is -0.508 e. The third-order valence-corrected chi connectivity index (χ3v) is 2.13. The van der Waals surface area contributed by atoms with E-state index < -0.39 is 5.82 Å². The Bertz CT molecular complexity index is 342. The number of phenols is 1. The monoisotopic (exact) mass is 227 g/mol. The zero-order valence-corrected chi connectivity index (χ0v) is 9.83. The molecule has 0 spiro atoms. The van der Waals surface area contributed by atoms with Crippen LogP contribution in [-0.4, -0.2) is 11.7 Å². The summed E-state index contributed by atoms with van der Waals surface area (Å²) in [6, 6.07) is 3.84. The van der Waals surface area contributed by atoms with Gasteiger partial charge in [0.05, 0.1) is 12.6 Å². The number of halogens is 1. The summed E-state index contributed by atoms with van der Waals surface area (Å²) >= 11 is 0. The maximum absolute atomic E-state index is 13.4. The van der Waals surface area contributed by atoms with Gasteiger partial charge in [0, 0.05) is 11.6 Å². The maximum atomic E-state index is 13.4. The van der Waals surface area contributed by atoms with Crippen LogP contribution in [-0.2, 0) is 4.84 Å². The van der Waals surface area contributed by atoms with E-state index in [2.05, 4.69) is 5.48 Å². The van der Waals surface area contributed by atoms with Crippen molar-refractivity contribution >= 4 is 0 Å². The number of aromatic hydroxyl groups is 1. The molecule has 0 fully saturated rings. The van der Waals surface area contributed by atoms with E-state index in [9.17, 15) is 4.39 Å².